The quantitative estimate of drug-likeness (QED) is 0.647. The Morgan fingerprint density at radius 1 is 1.36 bits per heavy atom. The predicted molar refractivity (Wildman–Crippen MR) is 53.7 cm³/mol. The van der Waals surface area contributed by atoms with Crippen LogP contribution in [-0.4, -0.2) is 47.8 Å². The number of hydrogen-bond acceptors (Lipinski definition) is 2. The summed E-state index contributed by atoms with van der Waals surface area (Å²) in [7, 11) is 1.72. The lowest BCUT2D eigenvalue weighted by atomic mass is 10.2. The number of likely N-dealkylation sites (N-methyl/N-ethyl adjacent to an activating group) is 2. The van der Waals surface area contributed by atoms with Crippen molar-refractivity contribution in [2.45, 2.75) is 32.7 Å². The van der Waals surface area contributed by atoms with Crippen LogP contribution in [0, 0.1) is 0 Å². The molecule has 1 aliphatic heterocycles. The Hall–Kier alpha value is -1.06. The smallest absolute Gasteiger partial charge is 0.245 e. The molecular weight excluding hydrogens is 180 g/mol. The number of rotatable bonds is 2. The minimum absolute atomic E-state index is 0.0705. The molecule has 0 aromatic heterocycles. The molecule has 0 bridgehead atoms. The van der Waals surface area contributed by atoms with Crippen molar-refractivity contribution in [1.82, 2.24) is 9.80 Å². The van der Waals surface area contributed by atoms with Crippen LogP contribution in [0.15, 0.2) is 0 Å². The van der Waals surface area contributed by atoms with Crippen LogP contribution in [-0.2, 0) is 9.59 Å². The van der Waals surface area contributed by atoms with Crippen LogP contribution in [0.5, 0.6) is 0 Å². The van der Waals surface area contributed by atoms with Crippen molar-refractivity contribution < 1.29 is 9.59 Å². The first kappa shape index (κ1) is 11.0. The van der Waals surface area contributed by atoms with Gasteiger partial charge in [-0.15, -0.1) is 0 Å². The monoisotopic (exact) mass is 198 g/mol. The molecular formula is C10H18N2O2. The highest BCUT2D eigenvalue weighted by Gasteiger charge is 2.31. The molecule has 4 heteroatoms. The first-order chi connectivity index (χ1) is 6.61. The first-order valence-corrected chi connectivity index (χ1v) is 5.16. The van der Waals surface area contributed by atoms with Gasteiger partial charge in [0.25, 0.3) is 0 Å². The van der Waals surface area contributed by atoms with Gasteiger partial charge in [-0.3, -0.25) is 9.59 Å². The van der Waals surface area contributed by atoms with Gasteiger partial charge < -0.3 is 9.80 Å². The Kier molecular flexibility index (Phi) is 3.49. The number of nitrogens with zero attached hydrogens (tertiary/aromatic N) is 2. The zero-order valence-corrected chi connectivity index (χ0v) is 9.12. The van der Waals surface area contributed by atoms with E-state index in [9.17, 15) is 9.59 Å². The largest absolute Gasteiger partial charge is 0.341 e. The average Bonchev–Trinajstić information content (AvgIpc) is 2.27. The van der Waals surface area contributed by atoms with Crippen molar-refractivity contribution >= 4 is 11.8 Å². The van der Waals surface area contributed by atoms with E-state index in [0.717, 1.165) is 0 Å². The van der Waals surface area contributed by atoms with E-state index < -0.39 is 0 Å². The Morgan fingerprint density at radius 2 is 2.00 bits per heavy atom. The lowest BCUT2D eigenvalue weighted by Gasteiger charge is -2.26. The van der Waals surface area contributed by atoms with Gasteiger partial charge in [0, 0.05) is 26.6 Å². The van der Waals surface area contributed by atoms with Crippen molar-refractivity contribution in [1.29, 1.82) is 0 Å². The molecule has 1 saturated heterocycles. The second kappa shape index (κ2) is 4.44. The molecule has 0 aliphatic carbocycles. The lowest BCUT2D eigenvalue weighted by molar-refractivity contribution is -0.140. The third-order valence-electron chi connectivity index (χ3n) is 2.82. The van der Waals surface area contributed by atoms with Crippen LogP contribution in [0.3, 0.4) is 0 Å². The molecule has 1 aliphatic rings. The molecule has 1 heterocycles. The van der Waals surface area contributed by atoms with E-state index in [-0.39, 0.29) is 17.9 Å². The van der Waals surface area contributed by atoms with Crippen LogP contribution in [0.25, 0.3) is 0 Å². The van der Waals surface area contributed by atoms with E-state index in [1.807, 2.05) is 13.8 Å². The predicted octanol–water partition coefficient (Wildman–Crippen LogP) is 0.476. The maximum atomic E-state index is 11.9. The van der Waals surface area contributed by atoms with Crippen molar-refractivity contribution in [2.24, 2.45) is 0 Å². The minimum Gasteiger partial charge on any atom is -0.341 e. The van der Waals surface area contributed by atoms with E-state index in [1.165, 1.54) is 0 Å². The number of carbonyl (C=O) groups excluding carboxylic acids is 2. The van der Waals surface area contributed by atoms with Crippen molar-refractivity contribution in [3.63, 3.8) is 0 Å². The molecule has 0 radical (unpaired) electrons. The van der Waals surface area contributed by atoms with Gasteiger partial charge in [-0.2, -0.15) is 0 Å². The highest BCUT2D eigenvalue weighted by molar-refractivity contribution is 5.89. The Balaban J connectivity index is 2.87. The van der Waals surface area contributed by atoms with E-state index in [4.69, 9.17) is 0 Å². The molecule has 1 atom stereocenters. The summed E-state index contributed by atoms with van der Waals surface area (Å²) < 4.78 is 0. The van der Waals surface area contributed by atoms with Gasteiger partial charge in [-0.25, -0.2) is 0 Å². The molecule has 0 aromatic rings. The Morgan fingerprint density at radius 3 is 2.50 bits per heavy atom. The van der Waals surface area contributed by atoms with Gasteiger partial charge in [0.1, 0.15) is 6.04 Å². The van der Waals surface area contributed by atoms with Gasteiger partial charge in [0.15, 0.2) is 0 Å². The average molecular weight is 198 g/mol. The summed E-state index contributed by atoms with van der Waals surface area (Å²) >= 11 is 0. The fourth-order valence-corrected chi connectivity index (χ4v) is 1.83. The summed E-state index contributed by atoms with van der Waals surface area (Å²) in [5.41, 5.74) is 0. The SMILES string of the molecule is CCC1C(=O)N(CC)CCC(=O)N1C. The highest BCUT2D eigenvalue weighted by Crippen LogP contribution is 2.13. The van der Waals surface area contributed by atoms with Gasteiger partial charge in [-0.05, 0) is 13.3 Å². The molecule has 80 valence electrons. The Labute approximate surface area is 84.9 Å². The van der Waals surface area contributed by atoms with Gasteiger partial charge in [0.2, 0.25) is 11.8 Å². The third kappa shape index (κ3) is 1.89. The van der Waals surface area contributed by atoms with Crippen LogP contribution in [0.2, 0.25) is 0 Å². The van der Waals surface area contributed by atoms with Crippen LogP contribution < -0.4 is 0 Å². The molecule has 1 unspecified atom stereocenters. The maximum absolute atomic E-state index is 11.9. The lowest BCUT2D eigenvalue weighted by Crippen LogP contribution is -2.45. The second-order valence-electron chi connectivity index (χ2n) is 3.60. The van der Waals surface area contributed by atoms with Crippen molar-refractivity contribution in [3.8, 4) is 0 Å². The van der Waals surface area contributed by atoms with E-state index in [0.29, 0.717) is 25.9 Å². The first-order valence-electron chi connectivity index (χ1n) is 5.16. The molecule has 14 heavy (non-hydrogen) atoms. The molecule has 1 fully saturated rings. The van der Waals surface area contributed by atoms with Crippen molar-refractivity contribution in [2.75, 3.05) is 20.1 Å². The highest BCUT2D eigenvalue weighted by atomic mass is 16.2. The van der Waals surface area contributed by atoms with Gasteiger partial charge in [-0.1, -0.05) is 6.92 Å². The molecule has 1 rings (SSSR count). The third-order valence-corrected chi connectivity index (χ3v) is 2.82. The van der Waals surface area contributed by atoms with Crippen LogP contribution >= 0.6 is 0 Å². The molecule has 0 saturated carbocycles. The van der Waals surface area contributed by atoms with Gasteiger partial charge in [0.05, 0.1) is 0 Å². The van der Waals surface area contributed by atoms with Crippen LogP contribution in [0.1, 0.15) is 26.7 Å². The van der Waals surface area contributed by atoms with Crippen molar-refractivity contribution in [3.05, 3.63) is 0 Å². The van der Waals surface area contributed by atoms with E-state index in [2.05, 4.69) is 0 Å². The second-order valence-corrected chi connectivity index (χ2v) is 3.60. The summed E-state index contributed by atoms with van der Waals surface area (Å²) in [6.45, 7) is 5.14. The standard InChI is InChI=1S/C10H18N2O2/c1-4-8-10(14)12(5-2)7-6-9(13)11(8)3/h8H,4-7H2,1-3H3. The van der Waals surface area contributed by atoms with Crippen LogP contribution in [0.4, 0.5) is 0 Å². The summed E-state index contributed by atoms with van der Waals surface area (Å²) in [5, 5.41) is 0. The topological polar surface area (TPSA) is 40.6 Å². The van der Waals surface area contributed by atoms with E-state index in [1.54, 1.807) is 16.8 Å². The molecule has 0 N–H and O–H groups in total. The Bertz CT molecular complexity index is 240. The summed E-state index contributed by atoms with van der Waals surface area (Å²) in [4.78, 5) is 26.8. The zero-order chi connectivity index (χ0) is 10.7. The summed E-state index contributed by atoms with van der Waals surface area (Å²) in [5.74, 6) is 0.157. The number of hydrogen-bond donors (Lipinski definition) is 0. The fourth-order valence-electron chi connectivity index (χ4n) is 1.83. The van der Waals surface area contributed by atoms with E-state index >= 15 is 0 Å². The number of carbonyl (C=O) groups is 2. The molecule has 0 aromatic carbocycles. The number of amides is 2. The zero-order valence-electron chi connectivity index (χ0n) is 9.12. The molecule has 4 nitrogen and oxygen atoms in total. The normalized spacial score (nSPS) is 24.1. The molecule has 0 spiro atoms. The van der Waals surface area contributed by atoms with Gasteiger partial charge >= 0.3 is 0 Å². The fraction of sp³-hybridized carbons (Fsp3) is 0.800. The minimum atomic E-state index is -0.259. The molecule has 2 amide bonds. The summed E-state index contributed by atoms with van der Waals surface area (Å²) in [6.07, 6.45) is 1.14. The summed E-state index contributed by atoms with van der Waals surface area (Å²) in [6, 6.07) is -0.259. The maximum Gasteiger partial charge on any atom is 0.245 e.